The van der Waals surface area contributed by atoms with E-state index in [1.807, 2.05) is 6.92 Å². The van der Waals surface area contributed by atoms with Gasteiger partial charge < -0.3 is 14.4 Å². The SMILES string of the molecule is CCC(OC)c1noc(-c2ccc(O)cc2F)n1. The van der Waals surface area contributed by atoms with E-state index in [1.165, 1.54) is 12.1 Å². The molecule has 1 heterocycles. The average molecular weight is 252 g/mol. The summed E-state index contributed by atoms with van der Waals surface area (Å²) >= 11 is 0. The van der Waals surface area contributed by atoms with Gasteiger partial charge >= 0.3 is 0 Å². The van der Waals surface area contributed by atoms with Crippen LogP contribution < -0.4 is 0 Å². The van der Waals surface area contributed by atoms with Crippen molar-refractivity contribution in [1.29, 1.82) is 0 Å². The zero-order valence-corrected chi connectivity index (χ0v) is 10.1. The lowest BCUT2D eigenvalue weighted by Crippen LogP contribution is -2.01. The number of nitrogens with zero attached hydrogens (tertiary/aromatic N) is 2. The molecule has 0 aliphatic heterocycles. The van der Waals surface area contributed by atoms with Gasteiger partial charge in [-0.1, -0.05) is 12.1 Å². The van der Waals surface area contributed by atoms with Crippen LogP contribution in [0.15, 0.2) is 22.7 Å². The highest BCUT2D eigenvalue weighted by molar-refractivity contribution is 5.55. The fourth-order valence-electron chi connectivity index (χ4n) is 1.61. The Kier molecular flexibility index (Phi) is 3.57. The number of halogens is 1. The third-order valence-corrected chi connectivity index (χ3v) is 2.57. The number of phenols is 1. The van der Waals surface area contributed by atoms with Gasteiger partial charge in [0.15, 0.2) is 0 Å². The molecule has 5 nitrogen and oxygen atoms in total. The number of rotatable bonds is 4. The molecule has 1 atom stereocenters. The Labute approximate surface area is 103 Å². The van der Waals surface area contributed by atoms with Crippen LogP contribution in [0.2, 0.25) is 0 Å². The summed E-state index contributed by atoms with van der Waals surface area (Å²) in [5, 5.41) is 12.9. The molecule has 1 aromatic heterocycles. The molecular weight excluding hydrogens is 239 g/mol. The molecule has 1 N–H and O–H groups in total. The fourth-order valence-corrected chi connectivity index (χ4v) is 1.61. The van der Waals surface area contributed by atoms with E-state index < -0.39 is 5.82 Å². The summed E-state index contributed by atoms with van der Waals surface area (Å²) in [6.07, 6.45) is 0.413. The molecule has 0 saturated carbocycles. The summed E-state index contributed by atoms with van der Waals surface area (Å²) in [7, 11) is 1.55. The first-order chi connectivity index (χ1) is 8.65. The zero-order valence-electron chi connectivity index (χ0n) is 10.1. The lowest BCUT2D eigenvalue weighted by Gasteiger charge is -2.06. The van der Waals surface area contributed by atoms with Gasteiger partial charge in [-0.15, -0.1) is 0 Å². The monoisotopic (exact) mass is 252 g/mol. The zero-order chi connectivity index (χ0) is 13.1. The van der Waals surface area contributed by atoms with E-state index in [-0.39, 0.29) is 23.3 Å². The maximum atomic E-state index is 13.6. The van der Waals surface area contributed by atoms with E-state index in [0.29, 0.717) is 12.2 Å². The number of benzene rings is 1. The van der Waals surface area contributed by atoms with Crippen LogP contribution in [0.1, 0.15) is 25.3 Å². The van der Waals surface area contributed by atoms with E-state index in [1.54, 1.807) is 7.11 Å². The van der Waals surface area contributed by atoms with Gasteiger partial charge in [-0.25, -0.2) is 4.39 Å². The fraction of sp³-hybridized carbons (Fsp3) is 0.333. The van der Waals surface area contributed by atoms with E-state index in [2.05, 4.69) is 10.1 Å². The van der Waals surface area contributed by atoms with Crippen molar-refractivity contribution >= 4 is 0 Å². The first-order valence-corrected chi connectivity index (χ1v) is 5.51. The summed E-state index contributed by atoms with van der Waals surface area (Å²) in [5.41, 5.74) is 0.150. The van der Waals surface area contributed by atoms with Gasteiger partial charge in [-0.05, 0) is 18.6 Å². The minimum Gasteiger partial charge on any atom is -0.508 e. The van der Waals surface area contributed by atoms with Gasteiger partial charge in [0.05, 0.1) is 5.56 Å². The van der Waals surface area contributed by atoms with Gasteiger partial charge in [0.25, 0.3) is 5.89 Å². The molecule has 1 unspecified atom stereocenters. The molecule has 18 heavy (non-hydrogen) atoms. The van der Waals surface area contributed by atoms with Crippen molar-refractivity contribution in [3.05, 3.63) is 29.8 Å². The van der Waals surface area contributed by atoms with Crippen LogP contribution >= 0.6 is 0 Å². The number of methoxy groups -OCH3 is 1. The minimum atomic E-state index is -0.615. The molecule has 0 aliphatic rings. The van der Waals surface area contributed by atoms with Crippen molar-refractivity contribution in [2.45, 2.75) is 19.4 Å². The number of ether oxygens (including phenoxy) is 1. The predicted molar refractivity (Wildman–Crippen MR) is 61.4 cm³/mol. The van der Waals surface area contributed by atoms with Crippen molar-refractivity contribution < 1.29 is 18.8 Å². The molecule has 2 rings (SSSR count). The van der Waals surface area contributed by atoms with Crippen LogP contribution in [0.25, 0.3) is 11.5 Å². The molecule has 1 aromatic carbocycles. The number of hydrogen-bond acceptors (Lipinski definition) is 5. The predicted octanol–water partition coefficient (Wildman–Crippen LogP) is 2.68. The number of hydrogen-bond donors (Lipinski definition) is 1. The maximum absolute atomic E-state index is 13.6. The van der Waals surface area contributed by atoms with E-state index in [9.17, 15) is 4.39 Å². The Morgan fingerprint density at radius 1 is 1.50 bits per heavy atom. The summed E-state index contributed by atoms with van der Waals surface area (Å²) in [6.45, 7) is 1.92. The first-order valence-electron chi connectivity index (χ1n) is 5.51. The normalized spacial score (nSPS) is 12.6. The third-order valence-electron chi connectivity index (χ3n) is 2.57. The highest BCUT2D eigenvalue weighted by Crippen LogP contribution is 2.26. The van der Waals surface area contributed by atoms with Crippen molar-refractivity contribution in [3.63, 3.8) is 0 Å². The van der Waals surface area contributed by atoms with Gasteiger partial charge in [0.1, 0.15) is 17.7 Å². The molecule has 0 aliphatic carbocycles. The van der Waals surface area contributed by atoms with Crippen LogP contribution in [0, 0.1) is 5.82 Å². The summed E-state index contributed by atoms with van der Waals surface area (Å²) < 4.78 is 23.7. The maximum Gasteiger partial charge on any atom is 0.260 e. The van der Waals surface area contributed by atoms with Crippen molar-refractivity contribution in [2.24, 2.45) is 0 Å². The molecule has 0 radical (unpaired) electrons. The van der Waals surface area contributed by atoms with Crippen LogP contribution in [0.5, 0.6) is 5.75 Å². The number of aromatic hydroxyl groups is 1. The summed E-state index contributed by atoms with van der Waals surface area (Å²) in [4.78, 5) is 4.09. The topological polar surface area (TPSA) is 68.4 Å². The van der Waals surface area contributed by atoms with E-state index in [4.69, 9.17) is 14.4 Å². The van der Waals surface area contributed by atoms with Crippen LogP contribution in [-0.2, 0) is 4.74 Å². The number of phenolic OH excluding ortho intramolecular Hbond substituents is 1. The first kappa shape index (κ1) is 12.5. The molecule has 0 saturated heterocycles. The standard InChI is InChI=1S/C12H13FN2O3/c1-3-10(17-2)11-14-12(18-15-11)8-5-4-7(16)6-9(8)13/h4-6,10,16H,3H2,1-2H3. The second-order valence-corrected chi connectivity index (χ2v) is 3.75. The summed E-state index contributed by atoms with van der Waals surface area (Å²) in [5.74, 6) is -0.324. The quantitative estimate of drug-likeness (QED) is 0.906. The van der Waals surface area contributed by atoms with Gasteiger partial charge in [0.2, 0.25) is 5.82 Å². The van der Waals surface area contributed by atoms with Crippen LogP contribution in [-0.4, -0.2) is 22.4 Å². The largest absolute Gasteiger partial charge is 0.508 e. The number of aromatic nitrogens is 2. The van der Waals surface area contributed by atoms with Gasteiger partial charge in [-0.3, -0.25) is 0 Å². The molecule has 0 spiro atoms. The highest BCUT2D eigenvalue weighted by Gasteiger charge is 2.18. The molecule has 96 valence electrons. The third kappa shape index (κ3) is 2.33. The Bertz CT molecular complexity index is 538. The van der Waals surface area contributed by atoms with E-state index in [0.717, 1.165) is 6.07 Å². The van der Waals surface area contributed by atoms with Gasteiger partial charge in [-0.2, -0.15) is 4.98 Å². The van der Waals surface area contributed by atoms with Crippen molar-refractivity contribution in [2.75, 3.05) is 7.11 Å². The molecule has 0 amide bonds. The van der Waals surface area contributed by atoms with E-state index >= 15 is 0 Å². The lowest BCUT2D eigenvalue weighted by molar-refractivity contribution is 0.0903. The van der Waals surface area contributed by atoms with Gasteiger partial charge in [0, 0.05) is 13.2 Å². The van der Waals surface area contributed by atoms with Crippen LogP contribution in [0.3, 0.4) is 0 Å². The molecule has 0 fully saturated rings. The Morgan fingerprint density at radius 3 is 2.89 bits per heavy atom. The lowest BCUT2D eigenvalue weighted by atomic mass is 10.2. The van der Waals surface area contributed by atoms with Crippen molar-refractivity contribution in [3.8, 4) is 17.2 Å². The second-order valence-electron chi connectivity index (χ2n) is 3.75. The van der Waals surface area contributed by atoms with Crippen molar-refractivity contribution in [1.82, 2.24) is 10.1 Å². The summed E-state index contributed by atoms with van der Waals surface area (Å²) in [6, 6.07) is 3.73. The Morgan fingerprint density at radius 2 is 2.28 bits per heavy atom. The van der Waals surface area contributed by atoms with Crippen LogP contribution in [0.4, 0.5) is 4.39 Å². The Balaban J connectivity index is 2.34. The smallest absolute Gasteiger partial charge is 0.260 e. The Hall–Kier alpha value is -1.95. The molecule has 6 heteroatoms. The molecular formula is C12H13FN2O3. The molecule has 2 aromatic rings. The minimum absolute atomic E-state index is 0.0676. The second kappa shape index (κ2) is 5.14. The average Bonchev–Trinajstić information content (AvgIpc) is 2.80. The highest BCUT2D eigenvalue weighted by atomic mass is 19.1. The molecule has 0 bridgehead atoms.